The molecule has 2 aliphatic heterocycles. The Kier molecular flexibility index (Phi) is 5.62. The molecule has 0 saturated carbocycles. The smallest absolute Gasteiger partial charge is 0.252 e. The van der Waals surface area contributed by atoms with E-state index in [0.717, 1.165) is 50.1 Å². The number of thiophene rings is 1. The number of likely N-dealkylation sites (tertiary alicyclic amines) is 1. The number of carbonyl (C=O) groups excluding carboxylic acids is 1. The average molecular weight is 371 g/mol. The van der Waals surface area contributed by atoms with E-state index in [9.17, 15) is 13.2 Å². The number of amides is 1. The highest BCUT2D eigenvalue weighted by atomic mass is 32.2. The quantitative estimate of drug-likeness (QED) is 0.819. The normalized spacial score (nSPS) is 21.1. The van der Waals surface area contributed by atoms with Crippen molar-refractivity contribution in [2.45, 2.75) is 49.7 Å². The molecule has 2 aliphatic rings. The van der Waals surface area contributed by atoms with Gasteiger partial charge >= 0.3 is 0 Å². The summed E-state index contributed by atoms with van der Waals surface area (Å²) in [6.07, 6.45) is 5.40. The predicted octanol–water partition coefficient (Wildman–Crippen LogP) is 2.72. The van der Waals surface area contributed by atoms with E-state index in [-0.39, 0.29) is 5.91 Å². The molecule has 0 aromatic carbocycles. The molecule has 0 unspecified atom stereocenters. The molecule has 0 aliphatic carbocycles. The van der Waals surface area contributed by atoms with Crippen molar-refractivity contribution in [1.82, 2.24) is 9.21 Å². The van der Waals surface area contributed by atoms with Crippen LogP contribution >= 0.6 is 11.3 Å². The van der Waals surface area contributed by atoms with Crippen LogP contribution in [0.5, 0.6) is 0 Å². The monoisotopic (exact) mass is 370 g/mol. The maximum Gasteiger partial charge on any atom is 0.252 e. The third kappa shape index (κ3) is 4.00. The van der Waals surface area contributed by atoms with Gasteiger partial charge in [0.15, 0.2) is 0 Å². The molecule has 0 spiro atoms. The summed E-state index contributed by atoms with van der Waals surface area (Å²) in [6.45, 7) is 5.09. The number of hydrogen-bond donors (Lipinski definition) is 0. The van der Waals surface area contributed by atoms with Crippen LogP contribution in [-0.2, 0) is 21.2 Å². The number of nitrogens with zero attached hydrogens (tertiary/aromatic N) is 2. The van der Waals surface area contributed by atoms with Crippen LogP contribution in [0.2, 0.25) is 0 Å². The number of carbonyl (C=O) groups is 1. The van der Waals surface area contributed by atoms with Gasteiger partial charge in [0.05, 0.1) is 6.42 Å². The maximum atomic E-state index is 12.7. The van der Waals surface area contributed by atoms with Gasteiger partial charge in [0.25, 0.3) is 10.0 Å². The maximum absolute atomic E-state index is 12.7. The fourth-order valence-corrected chi connectivity index (χ4v) is 6.36. The molecule has 5 nitrogen and oxygen atoms in total. The number of piperidine rings is 2. The lowest BCUT2D eigenvalue weighted by Crippen LogP contribution is -2.38. The Hall–Kier alpha value is -0.920. The van der Waals surface area contributed by atoms with Gasteiger partial charge in [-0.3, -0.25) is 4.79 Å². The van der Waals surface area contributed by atoms with Gasteiger partial charge in [-0.1, -0.05) is 13.3 Å². The van der Waals surface area contributed by atoms with Crippen LogP contribution in [0.25, 0.3) is 0 Å². The minimum absolute atomic E-state index is 0.116. The predicted molar refractivity (Wildman–Crippen MR) is 95.6 cm³/mol. The molecule has 0 bridgehead atoms. The van der Waals surface area contributed by atoms with Gasteiger partial charge < -0.3 is 4.90 Å². The van der Waals surface area contributed by atoms with E-state index >= 15 is 0 Å². The van der Waals surface area contributed by atoms with Gasteiger partial charge in [-0.15, -0.1) is 11.3 Å². The first-order valence-corrected chi connectivity index (χ1v) is 11.1. The Balaban J connectivity index is 1.63. The molecule has 1 amide bonds. The Morgan fingerprint density at radius 1 is 1.12 bits per heavy atom. The van der Waals surface area contributed by atoms with Gasteiger partial charge in [0.2, 0.25) is 5.91 Å². The zero-order valence-electron chi connectivity index (χ0n) is 14.2. The molecule has 24 heavy (non-hydrogen) atoms. The molecule has 2 saturated heterocycles. The highest BCUT2D eigenvalue weighted by molar-refractivity contribution is 7.91. The molecule has 7 heteroatoms. The molecule has 3 heterocycles. The molecule has 0 atom stereocenters. The third-order valence-electron chi connectivity index (χ3n) is 5.01. The Morgan fingerprint density at radius 3 is 2.46 bits per heavy atom. The van der Waals surface area contributed by atoms with Crippen LogP contribution in [0.15, 0.2) is 16.3 Å². The highest BCUT2D eigenvalue weighted by Crippen LogP contribution is 2.28. The van der Waals surface area contributed by atoms with Crippen molar-refractivity contribution in [2.75, 3.05) is 26.2 Å². The van der Waals surface area contributed by atoms with Crippen LogP contribution in [0.3, 0.4) is 0 Å². The molecule has 1 aromatic heterocycles. The number of sulfonamides is 1. The number of rotatable bonds is 4. The summed E-state index contributed by atoms with van der Waals surface area (Å²) in [7, 11) is -3.38. The van der Waals surface area contributed by atoms with E-state index in [4.69, 9.17) is 0 Å². The standard InChI is InChI=1S/C17H26N2O3S2/c1-14-7-11-18(12-8-14)16(20)13-15-5-6-17(23-15)24(21,22)19-9-3-2-4-10-19/h5-6,14H,2-4,7-13H2,1H3. The van der Waals surface area contributed by atoms with Crippen molar-refractivity contribution in [3.63, 3.8) is 0 Å². The van der Waals surface area contributed by atoms with Crippen LogP contribution in [-0.4, -0.2) is 49.7 Å². The first kappa shape index (κ1) is 17.9. The molecule has 3 rings (SSSR count). The van der Waals surface area contributed by atoms with Gasteiger partial charge in [-0.2, -0.15) is 4.31 Å². The molecule has 2 fully saturated rings. The summed E-state index contributed by atoms with van der Waals surface area (Å²) in [5, 5.41) is 0. The highest BCUT2D eigenvalue weighted by Gasteiger charge is 2.28. The van der Waals surface area contributed by atoms with E-state index in [1.54, 1.807) is 16.4 Å². The zero-order valence-corrected chi connectivity index (χ0v) is 15.9. The van der Waals surface area contributed by atoms with E-state index in [1.165, 1.54) is 11.3 Å². The minimum atomic E-state index is -3.38. The van der Waals surface area contributed by atoms with E-state index in [1.807, 2.05) is 4.90 Å². The van der Waals surface area contributed by atoms with Gasteiger partial charge in [0, 0.05) is 31.1 Å². The summed E-state index contributed by atoms with van der Waals surface area (Å²) >= 11 is 1.25. The molecule has 134 valence electrons. The molecule has 0 N–H and O–H groups in total. The lowest BCUT2D eigenvalue weighted by molar-refractivity contribution is -0.131. The van der Waals surface area contributed by atoms with Crippen LogP contribution in [0.4, 0.5) is 0 Å². The van der Waals surface area contributed by atoms with Gasteiger partial charge in [-0.05, 0) is 43.7 Å². The molecular weight excluding hydrogens is 344 g/mol. The summed E-state index contributed by atoms with van der Waals surface area (Å²) in [4.78, 5) is 15.2. The second-order valence-corrected chi connectivity index (χ2v) is 10.3. The average Bonchev–Trinajstić information content (AvgIpc) is 3.05. The topological polar surface area (TPSA) is 57.7 Å². The van der Waals surface area contributed by atoms with Crippen molar-refractivity contribution >= 4 is 27.3 Å². The Morgan fingerprint density at radius 2 is 1.79 bits per heavy atom. The van der Waals surface area contributed by atoms with E-state index < -0.39 is 10.0 Å². The molecule has 0 radical (unpaired) electrons. The second kappa shape index (κ2) is 7.54. The van der Waals surface area contributed by atoms with Crippen LogP contribution < -0.4 is 0 Å². The van der Waals surface area contributed by atoms with Crippen molar-refractivity contribution in [2.24, 2.45) is 5.92 Å². The first-order chi connectivity index (χ1) is 11.5. The zero-order chi connectivity index (χ0) is 17.2. The van der Waals surface area contributed by atoms with Gasteiger partial charge in [0.1, 0.15) is 4.21 Å². The van der Waals surface area contributed by atoms with E-state index in [0.29, 0.717) is 29.6 Å². The third-order valence-corrected chi connectivity index (χ3v) is 8.46. The van der Waals surface area contributed by atoms with Crippen molar-refractivity contribution in [3.8, 4) is 0 Å². The summed E-state index contributed by atoms with van der Waals surface area (Å²) < 4.78 is 27.3. The first-order valence-electron chi connectivity index (χ1n) is 8.83. The minimum Gasteiger partial charge on any atom is -0.342 e. The largest absolute Gasteiger partial charge is 0.342 e. The summed E-state index contributed by atoms with van der Waals surface area (Å²) in [5.74, 6) is 0.808. The van der Waals surface area contributed by atoms with Crippen molar-refractivity contribution in [1.29, 1.82) is 0 Å². The second-order valence-electron chi connectivity index (χ2n) is 6.93. The van der Waals surface area contributed by atoms with Crippen LogP contribution in [0, 0.1) is 5.92 Å². The van der Waals surface area contributed by atoms with Crippen molar-refractivity contribution < 1.29 is 13.2 Å². The molecule has 1 aromatic rings. The fourth-order valence-electron chi connectivity index (χ4n) is 3.34. The summed E-state index contributed by atoms with van der Waals surface area (Å²) in [6, 6.07) is 3.46. The lowest BCUT2D eigenvalue weighted by atomic mass is 9.99. The lowest BCUT2D eigenvalue weighted by Gasteiger charge is -2.30. The van der Waals surface area contributed by atoms with Crippen molar-refractivity contribution in [3.05, 3.63) is 17.0 Å². The van der Waals surface area contributed by atoms with Crippen LogP contribution in [0.1, 0.15) is 43.9 Å². The van der Waals surface area contributed by atoms with E-state index in [2.05, 4.69) is 6.92 Å². The fraction of sp³-hybridized carbons (Fsp3) is 0.706. The Labute approximate surface area is 148 Å². The van der Waals surface area contributed by atoms with Gasteiger partial charge in [-0.25, -0.2) is 8.42 Å². The number of hydrogen-bond acceptors (Lipinski definition) is 4. The summed E-state index contributed by atoms with van der Waals surface area (Å²) in [5.41, 5.74) is 0. The molecular formula is C17H26N2O3S2. The Bertz CT molecular complexity index is 670. The SMILES string of the molecule is CC1CCN(C(=O)Cc2ccc(S(=O)(=O)N3CCCCC3)s2)CC1.